The molecule has 0 amide bonds. The standard InChI is InChI=1S/C9H20O2/c1-3-4-9(7-11)5-8(2)6-10/h8-11H,3-7H2,1-2H3. The fraction of sp³-hybridized carbons (Fsp3) is 1.00. The number of hydrogen-bond acceptors (Lipinski definition) is 2. The number of aliphatic hydroxyl groups is 2. The second kappa shape index (κ2) is 6.62. The maximum absolute atomic E-state index is 8.92. The van der Waals surface area contributed by atoms with Gasteiger partial charge in [0, 0.05) is 13.2 Å². The van der Waals surface area contributed by atoms with Gasteiger partial charge in [0.1, 0.15) is 0 Å². The van der Waals surface area contributed by atoms with Crippen LogP contribution in [0.15, 0.2) is 0 Å². The van der Waals surface area contributed by atoms with Crippen molar-refractivity contribution in [2.75, 3.05) is 13.2 Å². The van der Waals surface area contributed by atoms with E-state index in [1.54, 1.807) is 0 Å². The molecule has 0 aliphatic carbocycles. The molecule has 0 aromatic carbocycles. The van der Waals surface area contributed by atoms with Crippen LogP contribution in [0.4, 0.5) is 0 Å². The number of aliphatic hydroxyl groups excluding tert-OH is 2. The maximum Gasteiger partial charge on any atom is 0.0459 e. The first-order valence-corrected chi connectivity index (χ1v) is 4.46. The van der Waals surface area contributed by atoms with Crippen LogP contribution in [0.2, 0.25) is 0 Å². The Labute approximate surface area is 69.2 Å². The molecule has 2 nitrogen and oxygen atoms in total. The monoisotopic (exact) mass is 160 g/mol. The molecule has 2 heteroatoms. The van der Waals surface area contributed by atoms with Gasteiger partial charge in [-0.3, -0.25) is 0 Å². The minimum absolute atomic E-state index is 0.236. The Morgan fingerprint density at radius 1 is 1.18 bits per heavy atom. The van der Waals surface area contributed by atoms with Crippen molar-refractivity contribution in [2.24, 2.45) is 11.8 Å². The van der Waals surface area contributed by atoms with E-state index in [1.807, 2.05) is 6.92 Å². The molecule has 2 N–H and O–H groups in total. The fourth-order valence-corrected chi connectivity index (χ4v) is 1.34. The number of hydrogen-bond donors (Lipinski definition) is 2. The summed E-state index contributed by atoms with van der Waals surface area (Å²) in [6, 6.07) is 0. The molecular weight excluding hydrogens is 140 g/mol. The Kier molecular flexibility index (Phi) is 6.57. The normalized spacial score (nSPS) is 16.4. The molecule has 0 bridgehead atoms. The van der Waals surface area contributed by atoms with Crippen LogP contribution in [0.3, 0.4) is 0 Å². The SMILES string of the molecule is CCCC(CO)CC(C)CO. The zero-order valence-corrected chi connectivity index (χ0v) is 7.58. The van der Waals surface area contributed by atoms with Crippen LogP contribution >= 0.6 is 0 Å². The summed E-state index contributed by atoms with van der Waals surface area (Å²) in [5.41, 5.74) is 0. The molecule has 0 saturated carbocycles. The van der Waals surface area contributed by atoms with Gasteiger partial charge in [0.15, 0.2) is 0 Å². The van der Waals surface area contributed by atoms with Crippen molar-refractivity contribution in [3.8, 4) is 0 Å². The van der Waals surface area contributed by atoms with Gasteiger partial charge >= 0.3 is 0 Å². The summed E-state index contributed by atoms with van der Waals surface area (Å²) < 4.78 is 0. The molecule has 0 radical (unpaired) electrons. The summed E-state index contributed by atoms with van der Waals surface area (Å²) in [5.74, 6) is 0.723. The van der Waals surface area contributed by atoms with Crippen LogP contribution in [-0.2, 0) is 0 Å². The van der Waals surface area contributed by atoms with Crippen molar-refractivity contribution in [3.05, 3.63) is 0 Å². The highest BCUT2D eigenvalue weighted by Crippen LogP contribution is 2.15. The van der Waals surface area contributed by atoms with Crippen molar-refractivity contribution in [1.29, 1.82) is 0 Å². The summed E-state index contributed by atoms with van der Waals surface area (Å²) in [6.45, 7) is 4.63. The third kappa shape index (κ3) is 5.22. The quantitative estimate of drug-likeness (QED) is 0.617. The Balaban J connectivity index is 3.49. The summed E-state index contributed by atoms with van der Waals surface area (Å²) in [4.78, 5) is 0. The molecular formula is C9H20O2. The van der Waals surface area contributed by atoms with E-state index in [-0.39, 0.29) is 13.2 Å². The Morgan fingerprint density at radius 2 is 1.82 bits per heavy atom. The van der Waals surface area contributed by atoms with Gasteiger partial charge in [-0.1, -0.05) is 20.3 Å². The van der Waals surface area contributed by atoms with Gasteiger partial charge in [0.25, 0.3) is 0 Å². The number of rotatable bonds is 6. The van der Waals surface area contributed by atoms with Gasteiger partial charge in [-0.15, -0.1) is 0 Å². The summed E-state index contributed by atoms with van der Waals surface area (Å²) in [7, 11) is 0. The lowest BCUT2D eigenvalue weighted by atomic mass is 9.93. The van der Waals surface area contributed by atoms with Crippen molar-refractivity contribution in [2.45, 2.75) is 33.1 Å². The van der Waals surface area contributed by atoms with Gasteiger partial charge in [-0.05, 0) is 24.7 Å². The first-order chi connectivity index (χ1) is 5.24. The highest BCUT2D eigenvalue weighted by atomic mass is 16.3. The van der Waals surface area contributed by atoms with Crippen molar-refractivity contribution < 1.29 is 10.2 Å². The zero-order valence-electron chi connectivity index (χ0n) is 7.58. The van der Waals surface area contributed by atoms with E-state index in [4.69, 9.17) is 10.2 Å². The molecule has 0 aliphatic heterocycles. The summed E-state index contributed by atoms with van der Waals surface area (Å²) >= 11 is 0. The lowest BCUT2D eigenvalue weighted by Gasteiger charge is -2.16. The second-order valence-corrected chi connectivity index (χ2v) is 3.36. The molecule has 0 heterocycles. The molecule has 11 heavy (non-hydrogen) atoms. The van der Waals surface area contributed by atoms with E-state index < -0.39 is 0 Å². The smallest absolute Gasteiger partial charge is 0.0459 e. The molecule has 0 aromatic heterocycles. The maximum atomic E-state index is 8.92. The van der Waals surface area contributed by atoms with Gasteiger partial charge in [0.05, 0.1) is 0 Å². The van der Waals surface area contributed by atoms with E-state index in [2.05, 4.69) is 6.92 Å². The molecule has 0 fully saturated rings. The average molecular weight is 160 g/mol. The predicted molar refractivity (Wildman–Crippen MR) is 46.4 cm³/mol. The lowest BCUT2D eigenvalue weighted by molar-refractivity contribution is 0.162. The summed E-state index contributed by atoms with van der Waals surface area (Å²) in [5, 5.41) is 17.7. The molecule has 0 aromatic rings. The molecule has 0 rings (SSSR count). The van der Waals surface area contributed by atoms with Crippen LogP contribution < -0.4 is 0 Å². The van der Waals surface area contributed by atoms with Crippen LogP contribution in [0.1, 0.15) is 33.1 Å². The Bertz CT molecular complexity index is 83.6. The zero-order chi connectivity index (χ0) is 8.69. The molecule has 2 atom stereocenters. The van der Waals surface area contributed by atoms with Crippen LogP contribution in [-0.4, -0.2) is 23.4 Å². The highest BCUT2D eigenvalue weighted by Gasteiger charge is 2.10. The van der Waals surface area contributed by atoms with Crippen LogP contribution in [0.5, 0.6) is 0 Å². The first-order valence-electron chi connectivity index (χ1n) is 4.46. The van der Waals surface area contributed by atoms with E-state index in [1.165, 1.54) is 0 Å². The first kappa shape index (κ1) is 10.9. The minimum Gasteiger partial charge on any atom is -0.396 e. The van der Waals surface area contributed by atoms with E-state index in [0.29, 0.717) is 11.8 Å². The molecule has 0 saturated heterocycles. The van der Waals surface area contributed by atoms with Crippen LogP contribution in [0.25, 0.3) is 0 Å². The lowest BCUT2D eigenvalue weighted by Crippen LogP contribution is -2.12. The van der Waals surface area contributed by atoms with E-state index in [9.17, 15) is 0 Å². The molecule has 2 unspecified atom stereocenters. The van der Waals surface area contributed by atoms with Crippen molar-refractivity contribution in [3.63, 3.8) is 0 Å². The van der Waals surface area contributed by atoms with Crippen molar-refractivity contribution >= 4 is 0 Å². The minimum atomic E-state index is 0.236. The third-order valence-electron chi connectivity index (χ3n) is 2.00. The topological polar surface area (TPSA) is 40.5 Å². The van der Waals surface area contributed by atoms with Crippen LogP contribution in [0, 0.1) is 11.8 Å². The van der Waals surface area contributed by atoms with Crippen molar-refractivity contribution in [1.82, 2.24) is 0 Å². The molecule has 0 spiro atoms. The molecule has 68 valence electrons. The summed E-state index contributed by atoms with van der Waals surface area (Å²) in [6.07, 6.45) is 3.13. The highest BCUT2D eigenvalue weighted by molar-refractivity contribution is 4.61. The molecule has 0 aliphatic rings. The second-order valence-electron chi connectivity index (χ2n) is 3.36. The Hall–Kier alpha value is -0.0800. The van der Waals surface area contributed by atoms with Gasteiger partial charge in [0.2, 0.25) is 0 Å². The Morgan fingerprint density at radius 3 is 2.18 bits per heavy atom. The predicted octanol–water partition coefficient (Wildman–Crippen LogP) is 1.41. The van der Waals surface area contributed by atoms with E-state index in [0.717, 1.165) is 19.3 Å². The third-order valence-corrected chi connectivity index (χ3v) is 2.00. The average Bonchev–Trinajstić information content (AvgIpc) is 2.03. The fourth-order valence-electron chi connectivity index (χ4n) is 1.34. The largest absolute Gasteiger partial charge is 0.396 e. The van der Waals surface area contributed by atoms with Gasteiger partial charge in [-0.2, -0.15) is 0 Å². The van der Waals surface area contributed by atoms with E-state index >= 15 is 0 Å². The van der Waals surface area contributed by atoms with Gasteiger partial charge < -0.3 is 10.2 Å². The van der Waals surface area contributed by atoms with Gasteiger partial charge in [-0.25, -0.2) is 0 Å².